The molecule has 1 aromatic rings. The van der Waals surface area contributed by atoms with Crippen LogP contribution in [0.5, 0.6) is 0 Å². The van der Waals surface area contributed by atoms with E-state index in [9.17, 15) is 0 Å². The van der Waals surface area contributed by atoms with Crippen LogP contribution in [0.15, 0.2) is 17.4 Å². The Hall–Kier alpha value is -0.0300. The summed E-state index contributed by atoms with van der Waals surface area (Å²) in [5.74, 6) is 0. The molecule has 0 N–H and O–H groups in total. The van der Waals surface area contributed by atoms with Crippen LogP contribution in [0.1, 0.15) is 0 Å². The molecule has 0 aromatic carbocycles. The third kappa shape index (κ3) is 2.71. The summed E-state index contributed by atoms with van der Waals surface area (Å²) in [7, 11) is 0. The van der Waals surface area contributed by atoms with Gasteiger partial charge in [0.2, 0.25) is 0 Å². The predicted molar refractivity (Wildman–Crippen MR) is 56.1 cm³/mol. The number of halogens is 3. The van der Waals surface area contributed by atoms with Crippen LogP contribution in [0.25, 0.3) is 0 Å². The van der Waals surface area contributed by atoms with Gasteiger partial charge in [0, 0.05) is 0 Å². The van der Waals surface area contributed by atoms with Gasteiger partial charge in [-0.05, 0) is 15.9 Å². The minimum Gasteiger partial charge on any atom is -0.357 e. The molecule has 0 amide bonds. The molecule has 1 heterocycles. The number of imidazole rings is 1. The molecule has 0 saturated carbocycles. The van der Waals surface area contributed by atoms with Gasteiger partial charge in [-0.3, -0.25) is 4.57 Å². The Morgan fingerprint density at radius 2 is 2.31 bits per heavy atom. The van der Waals surface area contributed by atoms with Gasteiger partial charge in [-0.1, -0.05) is 29.3 Å². The molecule has 0 bridgehead atoms. The van der Waals surface area contributed by atoms with Gasteiger partial charge in [0.05, 0.1) is 6.61 Å². The lowest BCUT2D eigenvalue weighted by atomic mass is 10.7. The summed E-state index contributed by atoms with van der Waals surface area (Å²) >= 11 is 14.7. The second-order valence-corrected chi connectivity index (χ2v) is 3.60. The van der Waals surface area contributed by atoms with Crippen molar-refractivity contribution in [2.45, 2.75) is 6.73 Å². The highest BCUT2D eigenvalue weighted by molar-refractivity contribution is 9.10. The second-order valence-electron chi connectivity index (χ2n) is 2.18. The van der Waals surface area contributed by atoms with Crippen molar-refractivity contribution >= 4 is 39.1 Å². The largest absolute Gasteiger partial charge is 0.357 e. The van der Waals surface area contributed by atoms with E-state index in [1.165, 1.54) is 0 Å². The quantitative estimate of drug-likeness (QED) is 0.628. The summed E-state index contributed by atoms with van der Waals surface area (Å²) in [4.78, 5) is 3.90. The fourth-order valence-corrected chi connectivity index (χ4v) is 1.73. The number of nitrogens with zero attached hydrogens (tertiary/aromatic N) is 2. The van der Waals surface area contributed by atoms with Gasteiger partial charge in [0.1, 0.15) is 6.73 Å². The summed E-state index contributed by atoms with van der Waals surface area (Å²) in [5.41, 5.74) is 0. The van der Waals surface area contributed by atoms with Gasteiger partial charge in [0.15, 0.2) is 15.0 Å². The molecule has 0 atom stereocenters. The van der Waals surface area contributed by atoms with Crippen LogP contribution in [-0.2, 0) is 11.5 Å². The smallest absolute Gasteiger partial charge is 0.181 e. The zero-order chi connectivity index (χ0) is 9.84. The first kappa shape index (κ1) is 11.0. The van der Waals surface area contributed by atoms with Gasteiger partial charge in [-0.25, -0.2) is 4.98 Å². The first-order valence-corrected chi connectivity index (χ1v) is 4.97. The molecule has 3 nitrogen and oxygen atoms in total. The van der Waals surface area contributed by atoms with Crippen LogP contribution in [0, 0.1) is 0 Å². The average Bonchev–Trinajstić information content (AvgIpc) is 2.32. The molecule has 0 aliphatic rings. The molecule has 1 aromatic heterocycles. The topological polar surface area (TPSA) is 27.1 Å². The SMILES string of the molecule is C=CCOCn1c(Br)nc(Cl)c1Cl. The summed E-state index contributed by atoms with van der Waals surface area (Å²) in [6.07, 6.45) is 1.65. The molecule has 13 heavy (non-hydrogen) atoms. The van der Waals surface area contributed by atoms with Gasteiger partial charge >= 0.3 is 0 Å². The van der Waals surface area contributed by atoms with E-state index in [-0.39, 0.29) is 5.15 Å². The lowest BCUT2D eigenvalue weighted by Crippen LogP contribution is -2.02. The number of hydrogen-bond donors (Lipinski definition) is 0. The maximum Gasteiger partial charge on any atom is 0.181 e. The highest BCUT2D eigenvalue weighted by atomic mass is 79.9. The van der Waals surface area contributed by atoms with Crippen LogP contribution in [-0.4, -0.2) is 16.2 Å². The first-order chi connectivity index (χ1) is 6.16. The van der Waals surface area contributed by atoms with E-state index in [1.807, 2.05) is 0 Å². The molecule has 0 unspecified atom stereocenters. The maximum absolute atomic E-state index is 5.83. The lowest BCUT2D eigenvalue weighted by molar-refractivity contribution is 0.0988. The molecule has 0 fully saturated rings. The van der Waals surface area contributed by atoms with Crippen LogP contribution in [0.2, 0.25) is 10.3 Å². The molecule has 0 aliphatic heterocycles. The summed E-state index contributed by atoms with van der Waals surface area (Å²) in [6, 6.07) is 0. The Morgan fingerprint density at radius 1 is 1.62 bits per heavy atom. The molecule has 72 valence electrons. The minimum atomic E-state index is 0.260. The van der Waals surface area contributed by atoms with Crippen LogP contribution >= 0.6 is 39.1 Å². The Bertz CT molecular complexity index is 314. The fourth-order valence-electron chi connectivity index (χ4n) is 0.717. The third-order valence-corrected chi connectivity index (χ3v) is 2.63. The number of hydrogen-bond acceptors (Lipinski definition) is 2. The van der Waals surface area contributed by atoms with Crippen molar-refractivity contribution in [3.8, 4) is 0 Å². The van der Waals surface area contributed by atoms with Crippen molar-refractivity contribution in [2.24, 2.45) is 0 Å². The number of aromatic nitrogens is 2. The van der Waals surface area contributed by atoms with Crippen molar-refractivity contribution in [2.75, 3.05) is 6.61 Å². The monoisotopic (exact) mass is 284 g/mol. The van der Waals surface area contributed by atoms with Crippen molar-refractivity contribution in [1.82, 2.24) is 9.55 Å². The molecule has 6 heteroatoms. The Morgan fingerprint density at radius 3 is 2.77 bits per heavy atom. The zero-order valence-electron chi connectivity index (χ0n) is 6.64. The Kier molecular flexibility index (Phi) is 4.25. The van der Waals surface area contributed by atoms with Crippen molar-refractivity contribution in [3.05, 3.63) is 27.7 Å². The van der Waals surface area contributed by atoms with Crippen LogP contribution < -0.4 is 0 Å². The summed E-state index contributed by atoms with van der Waals surface area (Å²) in [5, 5.41) is 0.619. The predicted octanol–water partition coefficient (Wildman–Crippen LogP) is 3.11. The van der Waals surface area contributed by atoms with E-state index >= 15 is 0 Å². The first-order valence-electron chi connectivity index (χ1n) is 3.42. The molecular formula is C7H7BrCl2N2O. The second kappa shape index (κ2) is 5.00. The standard InChI is InChI=1S/C7H7BrCl2N2O/c1-2-3-13-4-12-6(10)5(9)11-7(12)8/h2H,1,3-4H2. The van der Waals surface area contributed by atoms with E-state index < -0.39 is 0 Å². The normalized spacial score (nSPS) is 10.4. The lowest BCUT2D eigenvalue weighted by Gasteiger charge is -2.04. The zero-order valence-corrected chi connectivity index (χ0v) is 9.73. The van der Waals surface area contributed by atoms with Gasteiger partial charge in [-0.2, -0.15) is 0 Å². The molecule has 0 radical (unpaired) electrons. The van der Waals surface area contributed by atoms with E-state index in [0.717, 1.165) is 0 Å². The van der Waals surface area contributed by atoms with Gasteiger partial charge in [-0.15, -0.1) is 6.58 Å². The number of ether oxygens (including phenoxy) is 1. The van der Waals surface area contributed by atoms with Gasteiger partial charge < -0.3 is 4.74 Å². The highest BCUT2D eigenvalue weighted by Gasteiger charge is 2.11. The molecule has 0 spiro atoms. The molecule has 0 aliphatic carbocycles. The highest BCUT2D eigenvalue weighted by Crippen LogP contribution is 2.25. The third-order valence-electron chi connectivity index (χ3n) is 1.28. The Balaban J connectivity index is 2.69. The summed E-state index contributed by atoms with van der Waals surface area (Å²) < 4.78 is 7.33. The van der Waals surface area contributed by atoms with Crippen LogP contribution in [0.3, 0.4) is 0 Å². The van der Waals surface area contributed by atoms with E-state index in [1.54, 1.807) is 10.6 Å². The van der Waals surface area contributed by atoms with Crippen molar-refractivity contribution < 1.29 is 4.74 Å². The average molecular weight is 286 g/mol. The Labute approximate surface area is 94.4 Å². The minimum absolute atomic E-state index is 0.260. The van der Waals surface area contributed by atoms with E-state index in [4.69, 9.17) is 27.9 Å². The fraction of sp³-hybridized carbons (Fsp3) is 0.286. The molecule has 1 rings (SSSR count). The van der Waals surface area contributed by atoms with Gasteiger partial charge in [0.25, 0.3) is 0 Å². The van der Waals surface area contributed by atoms with E-state index in [0.29, 0.717) is 23.2 Å². The van der Waals surface area contributed by atoms with Crippen LogP contribution in [0.4, 0.5) is 0 Å². The van der Waals surface area contributed by atoms with Crippen molar-refractivity contribution in [1.29, 1.82) is 0 Å². The molecular weight excluding hydrogens is 279 g/mol. The van der Waals surface area contributed by atoms with Crippen molar-refractivity contribution in [3.63, 3.8) is 0 Å². The maximum atomic E-state index is 5.83. The van der Waals surface area contributed by atoms with E-state index in [2.05, 4.69) is 27.5 Å². The summed E-state index contributed by atoms with van der Waals surface area (Å²) in [6.45, 7) is 4.27. The number of rotatable bonds is 4. The molecule has 0 saturated heterocycles.